The molecule has 2 aliphatic heterocycles. The molecule has 0 radical (unpaired) electrons. The van der Waals surface area contributed by atoms with Gasteiger partial charge in [0.15, 0.2) is 0 Å². The number of carbonyl (C=O) groups excluding carboxylic acids is 2. The Morgan fingerprint density at radius 1 is 1.53 bits per heavy atom. The van der Waals surface area contributed by atoms with Crippen LogP contribution in [0.25, 0.3) is 0 Å². The van der Waals surface area contributed by atoms with Gasteiger partial charge in [-0.15, -0.1) is 0 Å². The van der Waals surface area contributed by atoms with Gasteiger partial charge in [0, 0.05) is 32.6 Å². The fourth-order valence-electron chi connectivity index (χ4n) is 2.20. The maximum absolute atomic E-state index is 11.7. The molecule has 1 N–H and O–H groups in total. The maximum atomic E-state index is 11.7. The second-order valence-corrected chi connectivity index (χ2v) is 4.12. The Hall–Kier alpha value is -1.26. The molecule has 0 aromatic rings. The molecule has 5 nitrogen and oxygen atoms in total. The van der Waals surface area contributed by atoms with E-state index in [-0.39, 0.29) is 18.0 Å². The Bertz CT molecular complexity index is 280. The van der Waals surface area contributed by atoms with Crippen molar-refractivity contribution < 1.29 is 9.59 Å². The summed E-state index contributed by atoms with van der Waals surface area (Å²) in [4.78, 5) is 26.7. The topological polar surface area (TPSA) is 52.7 Å². The number of amides is 3. The molecule has 84 valence electrons. The number of urea groups is 1. The van der Waals surface area contributed by atoms with Gasteiger partial charge in [0.25, 0.3) is 0 Å². The number of carbonyl (C=O) groups is 2. The molecule has 0 saturated carbocycles. The lowest BCUT2D eigenvalue weighted by Crippen LogP contribution is -2.53. The minimum absolute atomic E-state index is 0.0163. The van der Waals surface area contributed by atoms with E-state index in [1.165, 1.54) is 0 Å². The highest BCUT2D eigenvalue weighted by molar-refractivity contribution is 5.79. The fourth-order valence-corrected chi connectivity index (χ4v) is 2.20. The molecule has 2 saturated heterocycles. The zero-order valence-corrected chi connectivity index (χ0v) is 9.03. The van der Waals surface area contributed by atoms with Gasteiger partial charge in [-0.2, -0.15) is 0 Å². The first kappa shape index (κ1) is 10.3. The highest BCUT2D eigenvalue weighted by Gasteiger charge is 2.36. The third-order valence-electron chi connectivity index (χ3n) is 3.05. The summed E-state index contributed by atoms with van der Waals surface area (Å²) in [6, 6.07) is 0.203. The zero-order valence-electron chi connectivity index (χ0n) is 9.03. The van der Waals surface area contributed by atoms with Gasteiger partial charge in [-0.25, -0.2) is 4.79 Å². The SMILES string of the molecule is CCCC(=O)N1CCN2C(=O)NCC2C1. The van der Waals surface area contributed by atoms with Crippen LogP contribution in [0, 0.1) is 0 Å². The molecule has 2 fully saturated rings. The molecule has 0 aromatic carbocycles. The van der Waals surface area contributed by atoms with Crippen molar-refractivity contribution in [2.75, 3.05) is 26.2 Å². The van der Waals surface area contributed by atoms with Crippen LogP contribution in [0.5, 0.6) is 0 Å². The summed E-state index contributed by atoms with van der Waals surface area (Å²) in [5.41, 5.74) is 0. The zero-order chi connectivity index (χ0) is 10.8. The molecule has 0 spiro atoms. The Labute approximate surface area is 89.4 Å². The number of fused-ring (bicyclic) bond motifs is 1. The minimum Gasteiger partial charge on any atom is -0.339 e. The number of hydrogen-bond acceptors (Lipinski definition) is 2. The van der Waals surface area contributed by atoms with Crippen LogP contribution in [-0.2, 0) is 4.79 Å². The first-order valence-corrected chi connectivity index (χ1v) is 5.54. The average molecular weight is 211 g/mol. The van der Waals surface area contributed by atoms with Crippen LogP contribution < -0.4 is 5.32 Å². The van der Waals surface area contributed by atoms with Crippen LogP contribution in [0.3, 0.4) is 0 Å². The molecule has 3 amide bonds. The van der Waals surface area contributed by atoms with E-state index >= 15 is 0 Å². The van der Waals surface area contributed by atoms with E-state index in [9.17, 15) is 9.59 Å². The number of hydrogen-bond donors (Lipinski definition) is 1. The predicted octanol–water partition coefficient (Wildman–Crippen LogP) is 0.0225. The molecule has 15 heavy (non-hydrogen) atoms. The Balaban J connectivity index is 1.93. The van der Waals surface area contributed by atoms with Gasteiger partial charge in [-0.1, -0.05) is 6.92 Å². The van der Waals surface area contributed by atoms with Crippen molar-refractivity contribution in [2.45, 2.75) is 25.8 Å². The van der Waals surface area contributed by atoms with Crippen molar-refractivity contribution in [1.29, 1.82) is 0 Å². The molecule has 2 heterocycles. The molecule has 0 aliphatic carbocycles. The van der Waals surface area contributed by atoms with E-state index in [1.807, 2.05) is 16.7 Å². The number of nitrogens with zero attached hydrogens (tertiary/aromatic N) is 2. The van der Waals surface area contributed by atoms with Gasteiger partial charge in [0.1, 0.15) is 0 Å². The molecule has 2 rings (SSSR count). The van der Waals surface area contributed by atoms with E-state index < -0.39 is 0 Å². The number of piperazine rings is 1. The van der Waals surface area contributed by atoms with Crippen LogP contribution in [-0.4, -0.2) is 54.0 Å². The smallest absolute Gasteiger partial charge is 0.317 e. The fraction of sp³-hybridized carbons (Fsp3) is 0.800. The van der Waals surface area contributed by atoms with Gasteiger partial charge in [-0.05, 0) is 6.42 Å². The number of nitrogens with one attached hydrogen (secondary N) is 1. The lowest BCUT2D eigenvalue weighted by atomic mass is 10.2. The van der Waals surface area contributed by atoms with Gasteiger partial charge in [-0.3, -0.25) is 4.79 Å². The van der Waals surface area contributed by atoms with E-state index in [0.717, 1.165) is 6.42 Å². The van der Waals surface area contributed by atoms with Crippen molar-refractivity contribution in [2.24, 2.45) is 0 Å². The quantitative estimate of drug-likeness (QED) is 0.700. The molecule has 2 aliphatic rings. The lowest BCUT2D eigenvalue weighted by molar-refractivity contribution is -0.133. The molecule has 5 heteroatoms. The normalized spacial score (nSPS) is 25.1. The average Bonchev–Trinajstić information content (AvgIpc) is 2.60. The van der Waals surface area contributed by atoms with Gasteiger partial charge < -0.3 is 15.1 Å². The third kappa shape index (κ3) is 1.91. The standard InChI is InChI=1S/C10H17N3O2/c1-2-3-9(14)12-4-5-13-8(7-12)6-11-10(13)15/h8H,2-7H2,1H3,(H,11,15). The molecule has 1 unspecified atom stereocenters. The Morgan fingerprint density at radius 2 is 2.33 bits per heavy atom. The minimum atomic E-state index is 0.0163. The summed E-state index contributed by atoms with van der Waals surface area (Å²) in [5, 5.41) is 2.80. The van der Waals surface area contributed by atoms with E-state index in [0.29, 0.717) is 32.6 Å². The Morgan fingerprint density at radius 3 is 3.07 bits per heavy atom. The highest BCUT2D eigenvalue weighted by Crippen LogP contribution is 2.14. The summed E-state index contributed by atoms with van der Waals surface area (Å²) in [6.45, 7) is 4.73. The molecule has 1 atom stereocenters. The summed E-state index contributed by atoms with van der Waals surface area (Å²) in [7, 11) is 0. The number of rotatable bonds is 2. The van der Waals surface area contributed by atoms with Crippen LogP contribution in [0.1, 0.15) is 19.8 Å². The van der Waals surface area contributed by atoms with Crippen LogP contribution in [0.2, 0.25) is 0 Å². The van der Waals surface area contributed by atoms with E-state index in [1.54, 1.807) is 0 Å². The lowest BCUT2D eigenvalue weighted by Gasteiger charge is -2.36. The second kappa shape index (κ2) is 4.08. The summed E-state index contributed by atoms with van der Waals surface area (Å²) in [5.74, 6) is 0.219. The first-order chi connectivity index (χ1) is 7.22. The summed E-state index contributed by atoms with van der Waals surface area (Å²) in [6.07, 6.45) is 1.51. The van der Waals surface area contributed by atoms with Gasteiger partial charge in [0.05, 0.1) is 6.04 Å². The predicted molar refractivity (Wildman–Crippen MR) is 55.4 cm³/mol. The van der Waals surface area contributed by atoms with Crippen LogP contribution >= 0.6 is 0 Å². The molecular weight excluding hydrogens is 194 g/mol. The van der Waals surface area contributed by atoms with Crippen molar-refractivity contribution in [3.05, 3.63) is 0 Å². The van der Waals surface area contributed by atoms with Gasteiger partial charge >= 0.3 is 6.03 Å². The summed E-state index contributed by atoms with van der Waals surface area (Å²) >= 11 is 0. The van der Waals surface area contributed by atoms with E-state index in [2.05, 4.69) is 5.32 Å². The van der Waals surface area contributed by atoms with Gasteiger partial charge in [0.2, 0.25) is 5.91 Å². The highest BCUT2D eigenvalue weighted by atomic mass is 16.2. The van der Waals surface area contributed by atoms with Crippen molar-refractivity contribution in [1.82, 2.24) is 15.1 Å². The van der Waals surface area contributed by atoms with Crippen LogP contribution in [0.15, 0.2) is 0 Å². The van der Waals surface area contributed by atoms with Crippen molar-refractivity contribution in [3.63, 3.8) is 0 Å². The van der Waals surface area contributed by atoms with Crippen molar-refractivity contribution in [3.8, 4) is 0 Å². The van der Waals surface area contributed by atoms with Crippen LogP contribution in [0.4, 0.5) is 4.79 Å². The maximum Gasteiger partial charge on any atom is 0.317 e. The summed E-state index contributed by atoms with van der Waals surface area (Å²) < 4.78 is 0. The first-order valence-electron chi connectivity index (χ1n) is 5.54. The molecule has 0 aromatic heterocycles. The molecular formula is C10H17N3O2. The monoisotopic (exact) mass is 211 g/mol. The largest absolute Gasteiger partial charge is 0.339 e. The Kier molecular flexibility index (Phi) is 2.79. The van der Waals surface area contributed by atoms with Crippen molar-refractivity contribution >= 4 is 11.9 Å². The van der Waals surface area contributed by atoms with E-state index in [4.69, 9.17) is 0 Å². The third-order valence-corrected chi connectivity index (χ3v) is 3.05. The second-order valence-electron chi connectivity index (χ2n) is 4.12. The molecule has 0 bridgehead atoms.